The number of alkyl halides is 3. The minimum atomic E-state index is -5.06. The number of ether oxygens (including phenoxy) is 1. The lowest BCUT2D eigenvalue weighted by Crippen LogP contribution is -2.47. The lowest BCUT2D eigenvalue weighted by atomic mass is 10.0. The predicted octanol–water partition coefficient (Wildman–Crippen LogP) is 1.54. The van der Waals surface area contributed by atoms with Crippen molar-refractivity contribution in [2.24, 2.45) is 0 Å². The number of nitrogens with one attached hydrogen (secondary N) is 1. The van der Waals surface area contributed by atoms with Gasteiger partial charge in [0.05, 0.1) is 7.11 Å². The van der Waals surface area contributed by atoms with Crippen molar-refractivity contribution < 1.29 is 32.6 Å². The van der Waals surface area contributed by atoms with Gasteiger partial charge in [0, 0.05) is 0 Å². The van der Waals surface area contributed by atoms with E-state index in [2.05, 4.69) is 4.74 Å². The third kappa shape index (κ3) is 5.33. The van der Waals surface area contributed by atoms with Gasteiger partial charge in [-0.15, -0.1) is 0 Å². The Morgan fingerprint density at radius 2 is 1.86 bits per heavy atom. The van der Waals surface area contributed by atoms with Crippen LogP contribution in [0, 0.1) is 0 Å². The van der Waals surface area contributed by atoms with E-state index in [1.54, 1.807) is 17.4 Å². The molecule has 0 spiro atoms. The first-order valence-corrected chi connectivity index (χ1v) is 5.97. The average molecular weight is 305 g/mol. The SMILES string of the molecule is COC(=O)[C@@H](CCc1ccc(O)cc1)NC(=O)C(F)(F)F. The van der Waals surface area contributed by atoms with Crippen LogP contribution in [0.15, 0.2) is 24.3 Å². The zero-order chi connectivity index (χ0) is 16.0. The number of rotatable bonds is 5. The van der Waals surface area contributed by atoms with Crippen molar-refractivity contribution in [3.05, 3.63) is 29.8 Å². The van der Waals surface area contributed by atoms with Gasteiger partial charge in [-0.1, -0.05) is 12.1 Å². The van der Waals surface area contributed by atoms with Crippen LogP contribution in [-0.4, -0.2) is 36.3 Å². The van der Waals surface area contributed by atoms with Gasteiger partial charge in [-0.25, -0.2) is 4.79 Å². The number of amides is 1. The van der Waals surface area contributed by atoms with Crippen molar-refractivity contribution >= 4 is 11.9 Å². The number of methoxy groups -OCH3 is 1. The highest BCUT2D eigenvalue weighted by atomic mass is 19.4. The summed E-state index contributed by atoms with van der Waals surface area (Å²) in [5.74, 6) is -3.09. The molecule has 2 N–H and O–H groups in total. The molecule has 0 saturated carbocycles. The number of phenols is 1. The fraction of sp³-hybridized carbons (Fsp3) is 0.385. The Labute approximate surface area is 118 Å². The summed E-state index contributed by atoms with van der Waals surface area (Å²) >= 11 is 0. The molecule has 21 heavy (non-hydrogen) atoms. The number of esters is 1. The van der Waals surface area contributed by atoms with Gasteiger partial charge in [0.25, 0.3) is 0 Å². The Morgan fingerprint density at radius 3 is 2.33 bits per heavy atom. The Balaban J connectivity index is 2.68. The maximum atomic E-state index is 12.2. The van der Waals surface area contributed by atoms with Gasteiger partial charge in [-0.05, 0) is 30.5 Å². The van der Waals surface area contributed by atoms with E-state index in [0.29, 0.717) is 5.56 Å². The Hall–Kier alpha value is -2.25. The van der Waals surface area contributed by atoms with Gasteiger partial charge in [0.1, 0.15) is 11.8 Å². The molecule has 1 rings (SSSR count). The maximum absolute atomic E-state index is 12.2. The van der Waals surface area contributed by atoms with E-state index in [9.17, 15) is 22.8 Å². The third-order valence-electron chi connectivity index (χ3n) is 2.71. The highest BCUT2D eigenvalue weighted by Gasteiger charge is 2.40. The summed E-state index contributed by atoms with van der Waals surface area (Å²) in [6.45, 7) is 0. The topological polar surface area (TPSA) is 75.6 Å². The van der Waals surface area contributed by atoms with Crippen LogP contribution in [0.1, 0.15) is 12.0 Å². The van der Waals surface area contributed by atoms with Crippen LogP contribution in [0.25, 0.3) is 0 Å². The number of phenolic OH excluding ortho intramolecular Hbond substituents is 1. The summed E-state index contributed by atoms with van der Waals surface area (Å²) in [7, 11) is 1.02. The second-order valence-corrected chi connectivity index (χ2v) is 4.25. The highest BCUT2D eigenvalue weighted by Crippen LogP contribution is 2.16. The van der Waals surface area contributed by atoms with E-state index in [4.69, 9.17) is 5.11 Å². The fourth-order valence-corrected chi connectivity index (χ4v) is 1.60. The first kappa shape index (κ1) is 16.8. The molecule has 0 saturated heterocycles. The molecule has 1 amide bonds. The van der Waals surface area contributed by atoms with Crippen molar-refractivity contribution in [2.75, 3.05) is 7.11 Å². The number of aryl methyl sites for hydroxylation is 1. The van der Waals surface area contributed by atoms with E-state index in [0.717, 1.165) is 7.11 Å². The third-order valence-corrected chi connectivity index (χ3v) is 2.71. The molecule has 0 aromatic heterocycles. The minimum absolute atomic E-state index is 0.0497. The monoisotopic (exact) mass is 305 g/mol. The van der Waals surface area contributed by atoms with Crippen molar-refractivity contribution in [2.45, 2.75) is 25.1 Å². The summed E-state index contributed by atoms with van der Waals surface area (Å²) < 4.78 is 41.0. The van der Waals surface area contributed by atoms with Crippen LogP contribution in [0.4, 0.5) is 13.2 Å². The first-order valence-electron chi connectivity index (χ1n) is 5.97. The maximum Gasteiger partial charge on any atom is 0.471 e. The van der Waals surface area contributed by atoms with E-state index in [-0.39, 0.29) is 18.6 Å². The van der Waals surface area contributed by atoms with Crippen LogP contribution < -0.4 is 5.32 Å². The molecular weight excluding hydrogens is 291 g/mol. The van der Waals surface area contributed by atoms with Gasteiger partial charge in [-0.2, -0.15) is 13.2 Å². The van der Waals surface area contributed by atoms with E-state index >= 15 is 0 Å². The number of aromatic hydroxyl groups is 1. The second kappa shape index (κ2) is 6.96. The second-order valence-electron chi connectivity index (χ2n) is 4.25. The molecule has 1 aromatic rings. The first-order chi connectivity index (χ1) is 9.74. The molecule has 0 aliphatic carbocycles. The summed E-state index contributed by atoms with van der Waals surface area (Å²) in [5.41, 5.74) is 0.697. The number of carbonyl (C=O) groups is 2. The number of carbonyl (C=O) groups excluding carboxylic acids is 2. The zero-order valence-corrected chi connectivity index (χ0v) is 11.1. The molecule has 1 aromatic carbocycles. The smallest absolute Gasteiger partial charge is 0.471 e. The van der Waals surface area contributed by atoms with Gasteiger partial charge in [0.2, 0.25) is 0 Å². The molecule has 0 unspecified atom stereocenters. The molecule has 0 fully saturated rings. The van der Waals surface area contributed by atoms with E-state index in [1.165, 1.54) is 12.1 Å². The minimum Gasteiger partial charge on any atom is -0.508 e. The summed E-state index contributed by atoms with van der Waals surface area (Å²) in [5, 5.41) is 10.7. The Kier molecular flexibility index (Phi) is 5.57. The standard InChI is InChI=1S/C13H14F3NO4/c1-21-11(19)10(17-12(20)13(14,15)16)7-4-8-2-5-9(18)6-3-8/h2-3,5-6,10,18H,4,7H2,1H3,(H,17,20)/t10-/m1/s1. The molecule has 1 atom stereocenters. The lowest BCUT2D eigenvalue weighted by Gasteiger charge is -2.17. The molecule has 0 aliphatic rings. The molecule has 116 valence electrons. The summed E-state index contributed by atoms with van der Waals surface area (Å²) in [6, 6.07) is 4.57. The van der Waals surface area contributed by atoms with Gasteiger partial charge < -0.3 is 15.2 Å². The fourth-order valence-electron chi connectivity index (χ4n) is 1.60. The van der Waals surface area contributed by atoms with Crippen molar-refractivity contribution in [1.29, 1.82) is 0 Å². The quantitative estimate of drug-likeness (QED) is 0.809. The highest BCUT2D eigenvalue weighted by molar-refractivity contribution is 5.87. The van der Waals surface area contributed by atoms with E-state index in [1.807, 2.05) is 0 Å². The summed E-state index contributed by atoms with van der Waals surface area (Å²) in [4.78, 5) is 22.3. The van der Waals surface area contributed by atoms with E-state index < -0.39 is 24.1 Å². The molecule has 0 bridgehead atoms. The van der Waals surface area contributed by atoms with Crippen molar-refractivity contribution in [3.63, 3.8) is 0 Å². The van der Waals surface area contributed by atoms with Crippen LogP contribution in [-0.2, 0) is 20.7 Å². The molecule has 0 aliphatic heterocycles. The molecule has 0 heterocycles. The summed E-state index contributed by atoms with van der Waals surface area (Å²) in [6.07, 6.45) is -4.89. The number of hydrogen-bond acceptors (Lipinski definition) is 4. The van der Waals surface area contributed by atoms with Crippen LogP contribution >= 0.6 is 0 Å². The van der Waals surface area contributed by atoms with Gasteiger partial charge in [0.15, 0.2) is 0 Å². The number of halogens is 3. The van der Waals surface area contributed by atoms with Gasteiger partial charge in [-0.3, -0.25) is 4.79 Å². The molecule has 0 radical (unpaired) electrons. The lowest BCUT2D eigenvalue weighted by molar-refractivity contribution is -0.175. The van der Waals surface area contributed by atoms with Gasteiger partial charge >= 0.3 is 18.1 Å². The zero-order valence-electron chi connectivity index (χ0n) is 11.1. The van der Waals surface area contributed by atoms with Crippen LogP contribution in [0.5, 0.6) is 5.75 Å². The Morgan fingerprint density at radius 1 is 1.29 bits per heavy atom. The molecule has 5 nitrogen and oxygen atoms in total. The number of benzene rings is 1. The molecule has 8 heteroatoms. The van der Waals surface area contributed by atoms with Crippen LogP contribution in [0.2, 0.25) is 0 Å². The molecular formula is C13H14F3NO4. The largest absolute Gasteiger partial charge is 0.508 e. The normalized spacial score (nSPS) is 12.6. The van der Waals surface area contributed by atoms with Crippen molar-refractivity contribution in [1.82, 2.24) is 5.32 Å². The average Bonchev–Trinajstić information content (AvgIpc) is 2.43. The van der Waals surface area contributed by atoms with Crippen molar-refractivity contribution in [3.8, 4) is 5.75 Å². The number of hydrogen-bond donors (Lipinski definition) is 2. The predicted molar refractivity (Wildman–Crippen MR) is 66.4 cm³/mol. The van der Waals surface area contributed by atoms with Crippen LogP contribution in [0.3, 0.4) is 0 Å². The Bertz CT molecular complexity index is 499.